The fourth-order valence-electron chi connectivity index (χ4n) is 2.40. The van der Waals surface area contributed by atoms with Crippen LogP contribution in [0.25, 0.3) is 27.1 Å². The highest BCUT2D eigenvalue weighted by Crippen LogP contribution is 2.31. The second-order valence-electron chi connectivity index (χ2n) is 5.39. The van der Waals surface area contributed by atoms with Crippen molar-refractivity contribution >= 4 is 45.0 Å². The first-order chi connectivity index (χ1) is 12.2. The Kier molecular flexibility index (Phi) is 4.22. The summed E-state index contributed by atoms with van der Waals surface area (Å²) in [6.45, 7) is 0. The van der Waals surface area contributed by atoms with Crippen LogP contribution in [0.1, 0.15) is 16.1 Å². The van der Waals surface area contributed by atoms with Crippen molar-refractivity contribution in [1.29, 1.82) is 0 Å². The van der Waals surface area contributed by atoms with Crippen molar-refractivity contribution < 1.29 is 9.21 Å². The number of carbonyl (C=O) groups is 1. The Bertz CT molecular complexity index is 1040. The van der Waals surface area contributed by atoms with Crippen molar-refractivity contribution in [1.82, 2.24) is 4.98 Å². The van der Waals surface area contributed by atoms with E-state index in [1.165, 1.54) is 6.08 Å². The minimum atomic E-state index is -0.102. The normalized spacial score (nSPS) is 11.4. The third-order valence-corrected chi connectivity index (χ3v) is 4.96. The summed E-state index contributed by atoms with van der Waals surface area (Å²) in [6, 6.07) is 18.4. The van der Waals surface area contributed by atoms with E-state index in [0.29, 0.717) is 22.1 Å². The standard InChI is InChI=1S/C20H12ClNO2S/c21-14-7-5-13(6-8-14)17(23)11-9-15-10-12-18(24-15)20-22-16-3-1-2-4-19(16)25-20/h1-12H. The van der Waals surface area contributed by atoms with E-state index in [-0.39, 0.29) is 5.78 Å². The molecule has 0 radical (unpaired) electrons. The van der Waals surface area contributed by atoms with Crippen LogP contribution >= 0.6 is 22.9 Å². The first-order valence-corrected chi connectivity index (χ1v) is 8.82. The van der Waals surface area contributed by atoms with Crippen LogP contribution in [0.4, 0.5) is 0 Å². The predicted octanol–water partition coefficient (Wildman–Crippen LogP) is 6.11. The van der Waals surface area contributed by atoms with Gasteiger partial charge >= 0.3 is 0 Å². The lowest BCUT2D eigenvalue weighted by Crippen LogP contribution is -1.92. The van der Waals surface area contributed by atoms with E-state index in [2.05, 4.69) is 4.98 Å². The summed E-state index contributed by atoms with van der Waals surface area (Å²) in [5.74, 6) is 1.20. The summed E-state index contributed by atoms with van der Waals surface area (Å²) in [6.07, 6.45) is 3.15. The molecule has 5 heteroatoms. The number of ketones is 1. The molecule has 3 nitrogen and oxygen atoms in total. The van der Waals surface area contributed by atoms with Gasteiger partial charge in [0, 0.05) is 10.6 Å². The number of allylic oxidation sites excluding steroid dienone is 1. The number of aromatic nitrogens is 1. The molecule has 2 aromatic heterocycles. The van der Waals surface area contributed by atoms with Crippen molar-refractivity contribution in [2.24, 2.45) is 0 Å². The molecule has 25 heavy (non-hydrogen) atoms. The van der Waals surface area contributed by atoms with Crippen molar-refractivity contribution in [2.45, 2.75) is 0 Å². The summed E-state index contributed by atoms with van der Waals surface area (Å²) in [4.78, 5) is 16.7. The van der Waals surface area contributed by atoms with Gasteiger partial charge in [-0.3, -0.25) is 4.79 Å². The lowest BCUT2D eigenvalue weighted by atomic mass is 10.1. The third-order valence-electron chi connectivity index (χ3n) is 3.66. The van der Waals surface area contributed by atoms with E-state index < -0.39 is 0 Å². The number of halogens is 1. The van der Waals surface area contributed by atoms with Gasteiger partial charge in [-0.05, 0) is 60.7 Å². The van der Waals surface area contributed by atoms with Gasteiger partial charge in [-0.2, -0.15) is 0 Å². The number of carbonyl (C=O) groups excluding carboxylic acids is 1. The molecular formula is C20H12ClNO2S. The number of thiazole rings is 1. The Morgan fingerprint density at radius 2 is 1.84 bits per heavy atom. The zero-order valence-corrected chi connectivity index (χ0v) is 14.6. The highest BCUT2D eigenvalue weighted by atomic mass is 35.5. The quantitative estimate of drug-likeness (QED) is 0.324. The molecule has 0 saturated carbocycles. The van der Waals surface area contributed by atoms with Gasteiger partial charge in [-0.25, -0.2) is 4.98 Å². The average Bonchev–Trinajstić information content (AvgIpc) is 3.26. The molecule has 0 fully saturated rings. The highest BCUT2D eigenvalue weighted by Gasteiger charge is 2.09. The molecule has 2 heterocycles. The van der Waals surface area contributed by atoms with Crippen LogP contribution in [0.15, 0.2) is 71.2 Å². The predicted molar refractivity (Wildman–Crippen MR) is 102 cm³/mol. The van der Waals surface area contributed by atoms with Crippen LogP contribution in [0, 0.1) is 0 Å². The summed E-state index contributed by atoms with van der Waals surface area (Å²) in [5, 5.41) is 1.43. The molecule has 0 saturated heterocycles. The fraction of sp³-hybridized carbons (Fsp3) is 0. The molecule has 0 aliphatic carbocycles. The van der Waals surface area contributed by atoms with Crippen LogP contribution in [0.3, 0.4) is 0 Å². The van der Waals surface area contributed by atoms with E-state index in [1.54, 1.807) is 41.7 Å². The van der Waals surface area contributed by atoms with E-state index in [1.807, 2.05) is 36.4 Å². The molecule has 4 aromatic rings. The monoisotopic (exact) mass is 365 g/mol. The molecular weight excluding hydrogens is 354 g/mol. The number of para-hydroxylation sites is 1. The maximum Gasteiger partial charge on any atom is 0.185 e. The number of fused-ring (bicyclic) bond motifs is 1. The summed E-state index contributed by atoms with van der Waals surface area (Å²) in [5.41, 5.74) is 1.53. The summed E-state index contributed by atoms with van der Waals surface area (Å²) in [7, 11) is 0. The summed E-state index contributed by atoms with van der Waals surface area (Å²) >= 11 is 7.41. The topological polar surface area (TPSA) is 43.1 Å². The molecule has 0 unspecified atom stereocenters. The number of hydrogen-bond donors (Lipinski definition) is 0. The summed E-state index contributed by atoms with van der Waals surface area (Å²) < 4.78 is 6.91. The molecule has 0 amide bonds. The molecule has 4 rings (SSSR count). The molecule has 0 spiro atoms. The SMILES string of the molecule is O=C(C=Cc1ccc(-c2nc3ccccc3s2)o1)c1ccc(Cl)cc1. The first-order valence-electron chi connectivity index (χ1n) is 7.63. The largest absolute Gasteiger partial charge is 0.454 e. The zero-order valence-electron chi connectivity index (χ0n) is 13.0. The molecule has 0 N–H and O–H groups in total. The Morgan fingerprint density at radius 3 is 2.64 bits per heavy atom. The van der Waals surface area contributed by atoms with Crippen molar-refractivity contribution in [3.8, 4) is 10.8 Å². The number of rotatable bonds is 4. The van der Waals surface area contributed by atoms with Gasteiger partial charge in [0.25, 0.3) is 0 Å². The average molecular weight is 366 g/mol. The van der Waals surface area contributed by atoms with E-state index in [9.17, 15) is 4.79 Å². The van der Waals surface area contributed by atoms with Crippen LogP contribution in [-0.4, -0.2) is 10.8 Å². The van der Waals surface area contributed by atoms with E-state index >= 15 is 0 Å². The third kappa shape index (κ3) is 3.40. The van der Waals surface area contributed by atoms with E-state index in [0.717, 1.165) is 15.2 Å². The number of benzene rings is 2. The van der Waals surface area contributed by atoms with Crippen LogP contribution in [0.5, 0.6) is 0 Å². The molecule has 0 aliphatic heterocycles. The van der Waals surface area contributed by atoms with Crippen LogP contribution in [-0.2, 0) is 0 Å². The maximum atomic E-state index is 12.1. The number of furan rings is 1. The highest BCUT2D eigenvalue weighted by molar-refractivity contribution is 7.21. The second kappa shape index (κ2) is 6.67. The van der Waals surface area contributed by atoms with Crippen molar-refractivity contribution in [2.75, 3.05) is 0 Å². The minimum Gasteiger partial charge on any atom is -0.454 e. The van der Waals surface area contributed by atoms with Gasteiger partial charge in [0.2, 0.25) is 0 Å². The second-order valence-corrected chi connectivity index (χ2v) is 6.86. The van der Waals surface area contributed by atoms with Gasteiger partial charge < -0.3 is 4.42 Å². The van der Waals surface area contributed by atoms with Gasteiger partial charge in [0.05, 0.1) is 10.2 Å². The minimum absolute atomic E-state index is 0.102. The Labute approximate surface area is 153 Å². The van der Waals surface area contributed by atoms with Gasteiger partial charge in [-0.15, -0.1) is 11.3 Å². The fourth-order valence-corrected chi connectivity index (χ4v) is 3.46. The van der Waals surface area contributed by atoms with Gasteiger partial charge in [0.1, 0.15) is 5.76 Å². The lowest BCUT2D eigenvalue weighted by Gasteiger charge is -1.95. The molecule has 122 valence electrons. The first kappa shape index (κ1) is 15.8. The zero-order chi connectivity index (χ0) is 17.2. The molecule has 0 atom stereocenters. The Balaban J connectivity index is 1.54. The van der Waals surface area contributed by atoms with Gasteiger partial charge in [-0.1, -0.05) is 23.7 Å². The molecule has 0 aliphatic rings. The van der Waals surface area contributed by atoms with Gasteiger partial charge in [0.15, 0.2) is 16.6 Å². The van der Waals surface area contributed by atoms with Crippen molar-refractivity contribution in [3.05, 3.63) is 83.1 Å². The molecule has 0 bridgehead atoms. The van der Waals surface area contributed by atoms with Crippen LogP contribution in [0.2, 0.25) is 5.02 Å². The van der Waals surface area contributed by atoms with Crippen LogP contribution < -0.4 is 0 Å². The smallest absolute Gasteiger partial charge is 0.185 e. The maximum absolute atomic E-state index is 12.1. The number of nitrogens with zero attached hydrogens (tertiary/aromatic N) is 1. The number of hydrogen-bond acceptors (Lipinski definition) is 4. The Morgan fingerprint density at radius 1 is 1.04 bits per heavy atom. The molecule has 2 aromatic carbocycles. The Hall–Kier alpha value is -2.69. The lowest BCUT2D eigenvalue weighted by molar-refractivity contribution is 0.104. The van der Waals surface area contributed by atoms with E-state index in [4.69, 9.17) is 16.0 Å². The van der Waals surface area contributed by atoms with Crippen molar-refractivity contribution in [3.63, 3.8) is 0 Å².